The molecule has 0 aliphatic carbocycles. The van der Waals surface area contributed by atoms with E-state index in [1.54, 1.807) is 19.9 Å². The second kappa shape index (κ2) is 4.62. The van der Waals surface area contributed by atoms with Crippen LogP contribution in [0.5, 0.6) is 0 Å². The molecule has 1 aromatic rings. The number of hydrogen-bond acceptors (Lipinski definition) is 3. The van der Waals surface area contributed by atoms with Gasteiger partial charge in [0.15, 0.2) is 0 Å². The molecule has 1 saturated heterocycles. The molecule has 19 heavy (non-hydrogen) atoms. The molecule has 1 aromatic carbocycles. The van der Waals surface area contributed by atoms with Crippen LogP contribution in [-0.2, 0) is 17.9 Å². The van der Waals surface area contributed by atoms with Crippen LogP contribution in [-0.4, -0.2) is 22.4 Å². The quantitative estimate of drug-likeness (QED) is 0.804. The first-order valence-electron chi connectivity index (χ1n) is 5.96. The predicted octanol–water partition coefficient (Wildman–Crippen LogP) is 1.11. The number of nitrogens with one attached hydrogen (secondary N) is 1. The minimum atomic E-state index is -0.923. The van der Waals surface area contributed by atoms with Crippen molar-refractivity contribution in [1.82, 2.24) is 10.2 Å². The van der Waals surface area contributed by atoms with Crippen LogP contribution in [0.15, 0.2) is 18.2 Å². The predicted molar refractivity (Wildman–Crippen MR) is 67.5 cm³/mol. The van der Waals surface area contributed by atoms with E-state index >= 15 is 0 Å². The lowest BCUT2D eigenvalue weighted by molar-refractivity contribution is -0.130. The molecule has 1 aliphatic rings. The molecule has 3 N–H and O–H groups in total. The highest BCUT2D eigenvalue weighted by Crippen LogP contribution is 2.21. The second-order valence-electron chi connectivity index (χ2n) is 5.06. The van der Waals surface area contributed by atoms with Crippen LogP contribution in [0.2, 0.25) is 0 Å². The first-order valence-corrected chi connectivity index (χ1v) is 5.96. The molecule has 0 aromatic heterocycles. The van der Waals surface area contributed by atoms with E-state index < -0.39 is 17.4 Å². The smallest absolute Gasteiger partial charge is 0.325 e. The molecule has 0 bridgehead atoms. The van der Waals surface area contributed by atoms with Crippen molar-refractivity contribution in [3.8, 4) is 0 Å². The summed E-state index contributed by atoms with van der Waals surface area (Å²) >= 11 is 0. The van der Waals surface area contributed by atoms with Crippen molar-refractivity contribution in [2.24, 2.45) is 5.73 Å². The highest BCUT2D eigenvalue weighted by atomic mass is 19.1. The highest BCUT2D eigenvalue weighted by Gasteiger charge is 2.44. The van der Waals surface area contributed by atoms with Gasteiger partial charge in [-0.3, -0.25) is 9.69 Å². The number of imide groups is 1. The summed E-state index contributed by atoms with van der Waals surface area (Å²) in [5.74, 6) is -0.747. The normalized spacial score (nSPS) is 17.8. The molecular formula is C13H16FN3O2. The van der Waals surface area contributed by atoms with E-state index in [1.165, 1.54) is 12.1 Å². The summed E-state index contributed by atoms with van der Waals surface area (Å²) in [4.78, 5) is 24.9. The summed E-state index contributed by atoms with van der Waals surface area (Å²) in [6.07, 6.45) is 0. The van der Waals surface area contributed by atoms with Crippen molar-refractivity contribution in [3.05, 3.63) is 35.1 Å². The van der Waals surface area contributed by atoms with Crippen LogP contribution in [0.3, 0.4) is 0 Å². The zero-order chi connectivity index (χ0) is 14.2. The summed E-state index contributed by atoms with van der Waals surface area (Å²) in [6, 6.07) is 3.70. The fraction of sp³-hybridized carbons (Fsp3) is 0.385. The Morgan fingerprint density at radius 2 is 2.00 bits per heavy atom. The van der Waals surface area contributed by atoms with E-state index in [9.17, 15) is 14.0 Å². The monoisotopic (exact) mass is 265 g/mol. The van der Waals surface area contributed by atoms with Crippen molar-refractivity contribution in [3.63, 3.8) is 0 Å². The molecule has 1 fully saturated rings. The minimum Gasteiger partial charge on any atom is -0.326 e. The van der Waals surface area contributed by atoms with E-state index in [-0.39, 0.29) is 19.0 Å². The van der Waals surface area contributed by atoms with E-state index in [4.69, 9.17) is 5.73 Å². The molecule has 0 radical (unpaired) electrons. The van der Waals surface area contributed by atoms with Crippen LogP contribution in [0, 0.1) is 5.82 Å². The van der Waals surface area contributed by atoms with Crippen molar-refractivity contribution in [2.75, 3.05) is 0 Å². The van der Waals surface area contributed by atoms with Gasteiger partial charge >= 0.3 is 6.03 Å². The molecular weight excluding hydrogens is 249 g/mol. The summed E-state index contributed by atoms with van der Waals surface area (Å²) in [7, 11) is 0. The molecule has 102 valence electrons. The Morgan fingerprint density at radius 3 is 2.53 bits per heavy atom. The summed E-state index contributed by atoms with van der Waals surface area (Å²) < 4.78 is 13.3. The number of benzene rings is 1. The number of urea groups is 1. The van der Waals surface area contributed by atoms with Crippen LogP contribution < -0.4 is 11.1 Å². The number of nitrogens with two attached hydrogens (primary N) is 1. The Bertz CT molecular complexity index is 543. The number of carbonyl (C=O) groups is 2. The van der Waals surface area contributed by atoms with Crippen molar-refractivity contribution in [2.45, 2.75) is 32.5 Å². The molecule has 0 spiro atoms. The van der Waals surface area contributed by atoms with Gasteiger partial charge in [0.2, 0.25) is 0 Å². The van der Waals surface area contributed by atoms with Crippen molar-refractivity contribution < 1.29 is 14.0 Å². The van der Waals surface area contributed by atoms with Gasteiger partial charge in [-0.1, -0.05) is 6.07 Å². The van der Waals surface area contributed by atoms with Gasteiger partial charge in [-0.05, 0) is 37.1 Å². The summed E-state index contributed by atoms with van der Waals surface area (Å²) in [5.41, 5.74) is 5.91. The summed E-state index contributed by atoms with van der Waals surface area (Å²) in [5, 5.41) is 2.58. The van der Waals surface area contributed by atoms with Gasteiger partial charge in [0.25, 0.3) is 5.91 Å². The molecule has 3 amide bonds. The summed E-state index contributed by atoms with van der Waals surface area (Å²) in [6.45, 7) is 3.51. The molecule has 1 heterocycles. The number of hydrogen-bond donors (Lipinski definition) is 2. The molecule has 0 atom stereocenters. The highest BCUT2D eigenvalue weighted by molar-refractivity contribution is 6.06. The lowest BCUT2D eigenvalue weighted by atomic mass is 10.0. The third kappa shape index (κ3) is 2.44. The lowest BCUT2D eigenvalue weighted by Gasteiger charge is -2.17. The van der Waals surface area contributed by atoms with Gasteiger partial charge in [0.1, 0.15) is 11.4 Å². The number of amides is 3. The third-order valence-electron chi connectivity index (χ3n) is 3.16. The van der Waals surface area contributed by atoms with Crippen LogP contribution in [0.4, 0.5) is 9.18 Å². The van der Waals surface area contributed by atoms with Crippen LogP contribution in [0.25, 0.3) is 0 Å². The number of rotatable bonds is 3. The molecule has 0 unspecified atom stereocenters. The van der Waals surface area contributed by atoms with Gasteiger partial charge in [0.05, 0.1) is 6.54 Å². The topological polar surface area (TPSA) is 75.4 Å². The lowest BCUT2D eigenvalue weighted by Crippen LogP contribution is -2.40. The number of halogens is 1. The van der Waals surface area contributed by atoms with Gasteiger partial charge in [-0.15, -0.1) is 0 Å². The maximum Gasteiger partial charge on any atom is 0.325 e. The zero-order valence-electron chi connectivity index (χ0n) is 10.9. The average Bonchev–Trinajstić information content (AvgIpc) is 2.52. The van der Waals surface area contributed by atoms with E-state index in [1.807, 2.05) is 0 Å². The Labute approximate surface area is 110 Å². The van der Waals surface area contributed by atoms with E-state index in [0.717, 1.165) is 4.90 Å². The Kier molecular flexibility index (Phi) is 3.28. The Hall–Kier alpha value is -1.95. The molecule has 2 rings (SSSR count). The van der Waals surface area contributed by atoms with Crippen LogP contribution >= 0.6 is 0 Å². The number of carbonyl (C=O) groups excluding carboxylic acids is 2. The molecule has 5 nitrogen and oxygen atoms in total. The van der Waals surface area contributed by atoms with Crippen molar-refractivity contribution >= 4 is 11.9 Å². The zero-order valence-corrected chi connectivity index (χ0v) is 10.9. The first-order chi connectivity index (χ1) is 8.85. The first kappa shape index (κ1) is 13.5. The maximum absolute atomic E-state index is 13.3. The molecule has 0 saturated carbocycles. The fourth-order valence-corrected chi connectivity index (χ4v) is 2.07. The fourth-order valence-electron chi connectivity index (χ4n) is 2.07. The maximum atomic E-state index is 13.3. The van der Waals surface area contributed by atoms with Gasteiger partial charge in [-0.2, -0.15) is 0 Å². The average molecular weight is 265 g/mol. The minimum absolute atomic E-state index is 0.0262. The van der Waals surface area contributed by atoms with E-state index in [0.29, 0.717) is 11.1 Å². The SMILES string of the molecule is CC1(C)NC(=O)N(Cc2cc(F)ccc2CN)C1=O. The van der Waals surface area contributed by atoms with E-state index in [2.05, 4.69) is 5.32 Å². The van der Waals surface area contributed by atoms with Crippen LogP contribution in [0.1, 0.15) is 25.0 Å². The molecule has 1 aliphatic heterocycles. The largest absolute Gasteiger partial charge is 0.326 e. The second-order valence-corrected chi connectivity index (χ2v) is 5.06. The van der Waals surface area contributed by atoms with Gasteiger partial charge < -0.3 is 11.1 Å². The standard InChI is InChI=1S/C13H16FN3O2/c1-13(2)11(18)17(12(19)16-13)7-9-5-10(14)4-3-8(9)6-15/h3-5H,6-7,15H2,1-2H3,(H,16,19). The molecule has 6 heteroatoms. The van der Waals surface area contributed by atoms with Gasteiger partial charge in [0, 0.05) is 6.54 Å². The Balaban J connectivity index is 2.29. The van der Waals surface area contributed by atoms with Gasteiger partial charge in [-0.25, -0.2) is 9.18 Å². The van der Waals surface area contributed by atoms with Crippen molar-refractivity contribution in [1.29, 1.82) is 0 Å². The Morgan fingerprint density at radius 1 is 1.32 bits per heavy atom. The third-order valence-corrected chi connectivity index (χ3v) is 3.16. The number of nitrogens with zero attached hydrogens (tertiary/aromatic N) is 1.